The first-order valence-corrected chi connectivity index (χ1v) is 12.3. The lowest BCUT2D eigenvalue weighted by Crippen LogP contribution is -2.30. The normalized spacial score (nSPS) is 20.4. The number of rotatable bonds is 6. The van der Waals surface area contributed by atoms with Crippen LogP contribution in [0.25, 0.3) is 0 Å². The Balaban J connectivity index is 1.49. The summed E-state index contributed by atoms with van der Waals surface area (Å²) in [5, 5.41) is 26.0. The molecule has 0 unspecified atom stereocenters. The zero-order valence-electron chi connectivity index (χ0n) is 18.2. The molecule has 0 saturated carbocycles. The molecule has 3 aromatic rings. The van der Waals surface area contributed by atoms with Gasteiger partial charge in [0.2, 0.25) is 0 Å². The fourth-order valence-corrected chi connectivity index (χ4v) is 5.95. The number of allylic oxidation sites excluding steroid dienone is 2. The number of non-ortho nitro benzene ring substituents is 1. The lowest BCUT2D eigenvalue weighted by molar-refractivity contribution is -0.385. The number of para-hydroxylation sites is 1. The largest absolute Gasteiger partial charge is 0.377 e. The van der Waals surface area contributed by atoms with E-state index >= 15 is 0 Å². The summed E-state index contributed by atoms with van der Waals surface area (Å²) in [7, 11) is -4.02. The molecule has 10 nitrogen and oxygen atoms in total. The molecule has 2 aliphatic rings. The number of sulfonamides is 1. The van der Waals surface area contributed by atoms with Crippen molar-refractivity contribution in [1.82, 2.24) is 0 Å². The Kier molecular flexibility index (Phi) is 5.48. The summed E-state index contributed by atoms with van der Waals surface area (Å²) >= 11 is 0. The van der Waals surface area contributed by atoms with Gasteiger partial charge in [-0.25, -0.2) is 8.42 Å². The molecular weight excluding hydrogens is 472 g/mol. The van der Waals surface area contributed by atoms with Gasteiger partial charge in [-0.2, -0.15) is 0 Å². The molecule has 1 aliphatic carbocycles. The number of nitrogens with one attached hydrogen (secondary N) is 2. The average molecular weight is 493 g/mol. The standard InChI is InChI=1S/C24H20N4O6S/c29-27(30)16-6-3-5-15(13-16)26-35(33,34)17-11-12-22-21(14-17)18-8-4-9-19(18)24(25-22)20-7-1-2-10-23(20)28(31)32/h1-8,10-14,18-19,24-26H,9H2/t18-,19+,24-/m0/s1. The molecule has 0 radical (unpaired) electrons. The molecule has 3 atom stereocenters. The quantitative estimate of drug-likeness (QED) is 0.276. The Morgan fingerprint density at radius 3 is 2.49 bits per heavy atom. The Hall–Kier alpha value is -4.25. The van der Waals surface area contributed by atoms with Gasteiger partial charge < -0.3 is 5.32 Å². The van der Waals surface area contributed by atoms with E-state index in [1.54, 1.807) is 30.3 Å². The third-order valence-electron chi connectivity index (χ3n) is 6.42. The summed E-state index contributed by atoms with van der Waals surface area (Å²) in [6.07, 6.45) is 4.71. The number of nitro benzene ring substituents is 2. The van der Waals surface area contributed by atoms with E-state index in [9.17, 15) is 28.6 Å². The summed E-state index contributed by atoms with van der Waals surface area (Å²) in [4.78, 5) is 21.7. The molecule has 11 heteroatoms. The van der Waals surface area contributed by atoms with E-state index in [0.29, 0.717) is 17.7 Å². The van der Waals surface area contributed by atoms with Crippen molar-refractivity contribution in [2.24, 2.45) is 5.92 Å². The predicted octanol–water partition coefficient (Wildman–Crippen LogP) is 5.13. The van der Waals surface area contributed by atoms with Gasteiger partial charge in [-0.05, 0) is 42.2 Å². The van der Waals surface area contributed by atoms with Crippen LogP contribution in [0, 0.1) is 26.1 Å². The maximum absolute atomic E-state index is 13.1. The van der Waals surface area contributed by atoms with Crippen molar-refractivity contribution in [3.8, 4) is 0 Å². The van der Waals surface area contributed by atoms with Crippen molar-refractivity contribution in [1.29, 1.82) is 0 Å². The van der Waals surface area contributed by atoms with Gasteiger partial charge in [-0.15, -0.1) is 0 Å². The number of benzene rings is 3. The fraction of sp³-hybridized carbons (Fsp3) is 0.167. The fourth-order valence-electron chi connectivity index (χ4n) is 4.86. The molecule has 0 fully saturated rings. The van der Waals surface area contributed by atoms with Crippen molar-refractivity contribution in [2.75, 3.05) is 10.0 Å². The van der Waals surface area contributed by atoms with Crippen LogP contribution in [0.3, 0.4) is 0 Å². The number of nitrogens with zero attached hydrogens (tertiary/aromatic N) is 2. The smallest absolute Gasteiger partial charge is 0.274 e. The third-order valence-corrected chi connectivity index (χ3v) is 7.80. The minimum absolute atomic E-state index is 0.0211. The van der Waals surface area contributed by atoms with Gasteiger partial charge in [0.1, 0.15) is 0 Å². The Morgan fingerprint density at radius 2 is 1.71 bits per heavy atom. The number of nitro groups is 2. The van der Waals surface area contributed by atoms with Crippen LogP contribution >= 0.6 is 0 Å². The Labute approximate surface area is 200 Å². The number of fused-ring (bicyclic) bond motifs is 3. The number of hydrogen-bond acceptors (Lipinski definition) is 7. The van der Waals surface area contributed by atoms with Gasteiger partial charge in [-0.3, -0.25) is 25.0 Å². The van der Waals surface area contributed by atoms with E-state index in [4.69, 9.17) is 0 Å². The van der Waals surface area contributed by atoms with Crippen molar-refractivity contribution in [2.45, 2.75) is 23.3 Å². The number of anilines is 2. The first kappa shape index (κ1) is 22.5. The first-order chi connectivity index (χ1) is 16.7. The van der Waals surface area contributed by atoms with Crippen LogP contribution in [0.4, 0.5) is 22.7 Å². The molecule has 2 N–H and O–H groups in total. The molecule has 5 rings (SSSR count). The molecule has 0 amide bonds. The lowest BCUT2D eigenvalue weighted by Gasteiger charge is -2.37. The third kappa shape index (κ3) is 4.10. The van der Waals surface area contributed by atoms with Crippen LogP contribution in [-0.2, 0) is 10.0 Å². The summed E-state index contributed by atoms with van der Waals surface area (Å²) in [6, 6.07) is 16.3. The van der Waals surface area contributed by atoms with Crippen LogP contribution in [0.15, 0.2) is 83.8 Å². The molecule has 3 aromatic carbocycles. The zero-order valence-corrected chi connectivity index (χ0v) is 19.0. The van der Waals surface area contributed by atoms with E-state index in [2.05, 4.69) is 10.0 Å². The van der Waals surface area contributed by atoms with Gasteiger partial charge in [-0.1, -0.05) is 36.4 Å². The van der Waals surface area contributed by atoms with E-state index in [1.807, 2.05) is 12.2 Å². The minimum Gasteiger partial charge on any atom is -0.377 e. The highest BCUT2D eigenvalue weighted by Gasteiger charge is 2.40. The summed E-state index contributed by atoms with van der Waals surface area (Å²) in [5.74, 6) is -0.143. The highest BCUT2D eigenvalue weighted by atomic mass is 32.2. The summed E-state index contributed by atoms with van der Waals surface area (Å²) < 4.78 is 28.5. The second kappa shape index (κ2) is 8.51. The van der Waals surface area contributed by atoms with Crippen molar-refractivity contribution < 1.29 is 18.3 Å². The second-order valence-electron chi connectivity index (χ2n) is 8.45. The Morgan fingerprint density at radius 1 is 0.914 bits per heavy atom. The first-order valence-electron chi connectivity index (χ1n) is 10.8. The van der Waals surface area contributed by atoms with Crippen molar-refractivity contribution in [3.05, 3.63) is 110 Å². The molecule has 0 bridgehead atoms. The number of hydrogen-bond donors (Lipinski definition) is 2. The molecule has 1 aliphatic heterocycles. The van der Waals surface area contributed by atoms with E-state index in [1.165, 1.54) is 30.3 Å². The monoisotopic (exact) mass is 492 g/mol. The molecule has 0 aromatic heterocycles. The van der Waals surface area contributed by atoms with Crippen LogP contribution in [0.5, 0.6) is 0 Å². The van der Waals surface area contributed by atoms with E-state index in [0.717, 1.165) is 11.6 Å². The van der Waals surface area contributed by atoms with Crippen molar-refractivity contribution in [3.63, 3.8) is 0 Å². The van der Waals surface area contributed by atoms with E-state index in [-0.39, 0.29) is 44.8 Å². The summed E-state index contributed by atoms with van der Waals surface area (Å²) in [5.41, 5.74) is 1.98. The highest BCUT2D eigenvalue weighted by molar-refractivity contribution is 7.92. The van der Waals surface area contributed by atoms with Crippen molar-refractivity contribution >= 4 is 32.8 Å². The Bertz CT molecular complexity index is 1490. The molecule has 35 heavy (non-hydrogen) atoms. The molecule has 178 valence electrons. The van der Waals surface area contributed by atoms with Gasteiger partial charge in [0, 0.05) is 29.8 Å². The van der Waals surface area contributed by atoms with Gasteiger partial charge >= 0.3 is 0 Å². The van der Waals surface area contributed by atoms with Gasteiger partial charge in [0.15, 0.2) is 0 Å². The molecule has 0 saturated heterocycles. The summed E-state index contributed by atoms with van der Waals surface area (Å²) in [6.45, 7) is 0. The highest BCUT2D eigenvalue weighted by Crippen LogP contribution is 2.51. The lowest BCUT2D eigenvalue weighted by atomic mass is 9.76. The van der Waals surface area contributed by atoms with Crippen LogP contribution in [0.2, 0.25) is 0 Å². The minimum atomic E-state index is -4.02. The van der Waals surface area contributed by atoms with Gasteiger partial charge in [0.25, 0.3) is 21.4 Å². The van der Waals surface area contributed by atoms with E-state index < -0.39 is 14.9 Å². The maximum Gasteiger partial charge on any atom is 0.274 e. The maximum atomic E-state index is 13.1. The van der Waals surface area contributed by atoms with Gasteiger partial charge in [0.05, 0.1) is 32.0 Å². The van der Waals surface area contributed by atoms with Crippen LogP contribution in [0.1, 0.15) is 29.5 Å². The molecular formula is C24H20N4O6S. The van der Waals surface area contributed by atoms with Crippen LogP contribution in [-0.4, -0.2) is 18.3 Å². The predicted molar refractivity (Wildman–Crippen MR) is 130 cm³/mol. The van der Waals surface area contributed by atoms with Crippen LogP contribution < -0.4 is 10.0 Å². The molecule has 1 heterocycles. The molecule has 0 spiro atoms. The topological polar surface area (TPSA) is 144 Å². The second-order valence-corrected chi connectivity index (χ2v) is 10.1. The average Bonchev–Trinajstić information content (AvgIpc) is 3.33. The SMILES string of the molecule is O=[N+]([O-])c1cccc(NS(=O)(=O)c2ccc3c(c2)[C@H]2C=CC[C@H]2[C@@H](c2ccccc2[N+](=O)[O-])N3)c1. The zero-order chi connectivity index (χ0) is 24.7.